The van der Waals surface area contributed by atoms with E-state index in [4.69, 9.17) is 25.8 Å². The van der Waals surface area contributed by atoms with Crippen molar-refractivity contribution in [2.24, 2.45) is 0 Å². The molecule has 2 N–H and O–H groups in total. The van der Waals surface area contributed by atoms with E-state index in [0.29, 0.717) is 30.9 Å². The number of hydrogen-bond acceptors (Lipinski definition) is 5. The van der Waals surface area contributed by atoms with E-state index in [-0.39, 0.29) is 30.5 Å². The Morgan fingerprint density at radius 3 is 2.58 bits per heavy atom. The van der Waals surface area contributed by atoms with Gasteiger partial charge in [-0.05, 0) is 66.3 Å². The van der Waals surface area contributed by atoms with Crippen molar-refractivity contribution in [1.29, 1.82) is 0 Å². The number of aliphatic hydroxyl groups excluding tert-OH is 2. The predicted molar refractivity (Wildman–Crippen MR) is 139 cm³/mol. The van der Waals surface area contributed by atoms with Gasteiger partial charge in [-0.25, -0.2) is 0 Å². The van der Waals surface area contributed by atoms with Crippen molar-refractivity contribution in [2.75, 3.05) is 13.2 Å². The molecule has 0 radical (unpaired) electrons. The largest absolute Gasteiger partial charge is 0.491 e. The van der Waals surface area contributed by atoms with Crippen molar-refractivity contribution in [3.05, 3.63) is 99.6 Å². The van der Waals surface area contributed by atoms with Crippen molar-refractivity contribution in [3.63, 3.8) is 0 Å². The normalized spacial score (nSPS) is 24.9. The van der Waals surface area contributed by atoms with Crippen molar-refractivity contribution >= 4 is 11.6 Å². The van der Waals surface area contributed by atoms with Crippen LogP contribution < -0.4 is 4.74 Å². The highest BCUT2D eigenvalue weighted by Gasteiger charge is 2.37. The van der Waals surface area contributed by atoms with Crippen LogP contribution >= 0.6 is 11.6 Å². The Morgan fingerprint density at radius 1 is 1.03 bits per heavy atom. The maximum absolute atomic E-state index is 10.2. The van der Waals surface area contributed by atoms with E-state index in [1.807, 2.05) is 54.6 Å². The molecular formula is C30H33ClO5. The van der Waals surface area contributed by atoms with Gasteiger partial charge in [0, 0.05) is 17.9 Å². The summed E-state index contributed by atoms with van der Waals surface area (Å²) in [5.74, 6) is 0.795. The Hall–Kier alpha value is -2.41. The lowest BCUT2D eigenvalue weighted by Gasteiger charge is -2.32. The van der Waals surface area contributed by atoms with Crippen LogP contribution in [0.5, 0.6) is 5.75 Å². The maximum atomic E-state index is 10.2. The van der Waals surface area contributed by atoms with E-state index in [1.165, 1.54) is 11.1 Å². The Kier molecular flexibility index (Phi) is 7.38. The van der Waals surface area contributed by atoms with Crippen LogP contribution in [0.25, 0.3) is 0 Å². The van der Waals surface area contributed by atoms with Crippen molar-refractivity contribution in [1.82, 2.24) is 0 Å². The average molecular weight is 509 g/mol. The molecule has 0 saturated carbocycles. The van der Waals surface area contributed by atoms with Crippen LogP contribution in [0.15, 0.2) is 66.7 Å². The van der Waals surface area contributed by atoms with Gasteiger partial charge in [-0.2, -0.15) is 0 Å². The Morgan fingerprint density at radius 2 is 1.81 bits per heavy atom. The summed E-state index contributed by atoms with van der Waals surface area (Å²) in [7, 11) is 0. The Bertz CT molecular complexity index is 1190. The minimum absolute atomic E-state index is 0.0941. The molecule has 5 nitrogen and oxygen atoms in total. The molecule has 6 heteroatoms. The zero-order valence-electron chi connectivity index (χ0n) is 20.7. The summed E-state index contributed by atoms with van der Waals surface area (Å²) in [5.41, 5.74) is 5.16. The Balaban J connectivity index is 1.23. The fourth-order valence-corrected chi connectivity index (χ4v) is 5.47. The SMILES string of the molecule is CC1(C)OC(COc2ccc(Cc3cc([C@H]4C[C@@H](O)C[C@@H](CO)O4)ccc3Cl)cc2)c2ccccc21. The molecule has 3 aromatic rings. The summed E-state index contributed by atoms with van der Waals surface area (Å²) in [6, 6.07) is 22.2. The third kappa shape index (κ3) is 5.46. The fourth-order valence-electron chi connectivity index (χ4n) is 5.28. The number of ether oxygens (including phenoxy) is 3. The molecule has 190 valence electrons. The van der Waals surface area contributed by atoms with Gasteiger partial charge < -0.3 is 24.4 Å². The molecule has 2 heterocycles. The zero-order chi connectivity index (χ0) is 25.3. The number of aliphatic hydroxyl groups is 2. The molecule has 2 aliphatic rings. The van der Waals surface area contributed by atoms with Gasteiger partial charge in [-0.3, -0.25) is 0 Å². The fraction of sp³-hybridized carbons (Fsp3) is 0.400. The van der Waals surface area contributed by atoms with Crippen molar-refractivity contribution in [3.8, 4) is 5.75 Å². The summed E-state index contributed by atoms with van der Waals surface area (Å²) in [6.07, 6.45) is 0.448. The summed E-state index contributed by atoms with van der Waals surface area (Å²) >= 11 is 6.52. The lowest BCUT2D eigenvalue weighted by atomic mass is 9.94. The molecule has 36 heavy (non-hydrogen) atoms. The van der Waals surface area contributed by atoms with Crippen LogP contribution in [0.1, 0.15) is 66.7 Å². The second kappa shape index (κ2) is 10.5. The quantitative estimate of drug-likeness (QED) is 0.416. The second-order valence-corrected chi connectivity index (χ2v) is 10.6. The molecule has 4 atom stereocenters. The molecular weight excluding hydrogens is 476 g/mol. The van der Waals surface area contributed by atoms with E-state index in [1.54, 1.807) is 0 Å². The highest BCUT2D eigenvalue weighted by molar-refractivity contribution is 6.31. The van der Waals surface area contributed by atoms with Gasteiger partial charge in [0.25, 0.3) is 0 Å². The lowest BCUT2D eigenvalue weighted by molar-refractivity contribution is -0.113. The summed E-state index contributed by atoms with van der Waals surface area (Å²) < 4.78 is 18.3. The molecule has 5 rings (SSSR count). The van der Waals surface area contributed by atoms with Gasteiger partial charge in [0.1, 0.15) is 18.5 Å². The maximum Gasteiger partial charge on any atom is 0.119 e. The molecule has 1 unspecified atom stereocenters. The van der Waals surface area contributed by atoms with Gasteiger partial charge in [-0.15, -0.1) is 0 Å². The highest BCUT2D eigenvalue weighted by atomic mass is 35.5. The van der Waals surface area contributed by atoms with Crippen LogP contribution in [0, 0.1) is 0 Å². The molecule has 0 aromatic heterocycles. The number of fused-ring (bicyclic) bond motifs is 1. The van der Waals surface area contributed by atoms with E-state index < -0.39 is 6.10 Å². The summed E-state index contributed by atoms with van der Waals surface area (Å²) in [6.45, 7) is 4.54. The molecule has 2 aliphatic heterocycles. The number of halogens is 1. The van der Waals surface area contributed by atoms with E-state index in [2.05, 4.69) is 26.0 Å². The number of hydrogen-bond donors (Lipinski definition) is 2. The zero-order valence-corrected chi connectivity index (χ0v) is 21.4. The first-order valence-electron chi connectivity index (χ1n) is 12.5. The molecule has 0 spiro atoms. The topological polar surface area (TPSA) is 68.2 Å². The van der Waals surface area contributed by atoms with E-state index >= 15 is 0 Å². The lowest BCUT2D eigenvalue weighted by Crippen LogP contribution is -2.33. The highest BCUT2D eigenvalue weighted by Crippen LogP contribution is 2.43. The van der Waals surface area contributed by atoms with Crippen molar-refractivity contribution < 1.29 is 24.4 Å². The smallest absolute Gasteiger partial charge is 0.119 e. The first kappa shape index (κ1) is 25.2. The second-order valence-electron chi connectivity index (χ2n) is 10.2. The molecule has 1 saturated heterocycles. The van der Waals surface area contributed by atoms with Crippen LogP contribution in [-0.4, -0.2) is 35.6 Å². The van der Waals surface area contributed by atoms with E-state index in [0.717, 1.165) is 22.4 Å². The van der Waals surface area contributed by atoms with Crippen molar-refractivity contribution in [2.45, 2.75) is 63.1 Å². The molecule has 0 bridgehead atoms. The molecule has 3 aromatic carbocycles. The van der Waals surface area contributed by atoms with Gasteiger partial charge in [0.15, 0.2) is 0 Å². The third-order valence-electron chi connectivity index (χ3n) is 7.14. The predicted octanol–water partition coefficient (Wildman–Crippen LogP) is 5.89. The van der Waals surface area contributed by atoms with E-state index in [9.17, 15) is 10.2 Å². The van der Waals surface area contributed by atoms with Crippen LogP contribution in [-0.2, 0) is 21.5 Å². The van der Waals surface area contributed by atoms with Gasteiger partial charge in [0.05, 0.1) is 30.5 Å². The van der Waals surface area contributed by atoms with Crippen LogP contribution in [0.3, 0.4) is 0 Å². The third-order valence-corrected chi connectivity index (χ3v) is 7.50. The molecule has 1 fully saturated rings. The Labute approximate surface area is 217 Å². The standard InChI is InChI=1S/C30H33ClO5/c1-30(2)26-6-4-3-5-25(26)29(36-30)18-34-23-10-7-19(8-11-23)13-21-14-20(9-12-27(21)31)28-16-22(33)15-24(17-32)35-28/h3-12,14,22,24,28-29,32-33H,13,15-18H2,1-2H3/t22-,24-,28+,29?/m0/s1. The van der Waals surface area contributed by atoms with Gasteiger partial charge >= 0.3 is 0 Å². The van der Waals surface area contributed by atoms with Gasteiger partial charge in [-0.1, -0.05) is 60.1 Å². The average Bonchev–Trinajstić information content (AvgIpc) is 3.14. The minimum atomic E-state index is -0.484. The van der Waals surface area contributed by atoms with Gasteiger partial charge in [0.2, 0.25) is 0 Å². The monoisotopic (exact) mass is 508 g/mol. The first-order chi connectivity index (χ1) is 17.3. The molecule has 0 amide bonds. The summed E-state index contributed by atoms with van der Waals surface area (Å²) in [5, 5.41) is 20.3. The minimum Gasteiger partial charge on any atom is -0.491 e. The number of benzene rings is 3. The molecule has 0 aliphatic carbocycles. The van der Waals surface area contributed by atoms with Crippen LogP contribution in [0.4, 0.5) is 0 Å². The first-order valence-corrected chi connectivity index (χ1v) is 12.9. The number of rotatable bonds is 7. The van der Waals surface area contributed by atoms with Crippen LogP contribution in [0.2, 0.25) is 5.02 Å². The summed E-state index contributed by atoms with van der Waals surface area (Å²) in [4.78, 5) is 0.